The normalized spacial score (nSPS) is 33.8. The molecule has 2 N–H and O–H groups in total. The molecule has 0 aromatic carbocycles. The zero-order chi connectivity index (χ0) is 12.5. The Morgan fingerprint density at radius 1 is 1.06 bits per heavy atom. The summed E-state index contributed by atoms with van der Waals surface area (Å²) in [6.45, 7) is 4.55. The molecule has 0 amide bonds. The molecule has 0 aromatic rings. The predicted molar refractivity (Wildman–Crippen MR) is 67.7 cm³/mol. The Kier molecular flexibility index (Phi) is 4.07. The highest BCUT2D eigenvalue weighted by Crippen LogP contribution is 2.22. The number of hydrogen-bond donors (Lipinski definition) is 1. The highest BCUT2D eigenvalue weighted by atomic mass is 32.2. The fourth-order valence-corrected chi connectivity index (χ4v) is 4.57. The van der Waals surface area contributed by atoms with Gasteiger partial charge in [0, 0.05) is 32.2 Å². The Labute approximate surface area is 104 Å². The van der Waals surface area contributed by atoms with Crippen molar-refractivity contribution in [3.05, 3.63) is 0 Å². The van der Waals surface area contributed by atoms with Crippen molar-refractivity contribution in [1.29, 1.82) is 0 Å². The van der Waals surface area contributed by atoms with Crippen LogP contribution in [0.4, 0.5) is 0 Å². The smallest absolute Gasteiger partial charge is 0.282 e. The van der Waals surface area contributed by atoms with Crippen molar-refractivity contribution in [3.63, 3.8) is 0 Å². The van der Waals surface area contributed by atoms with Crippen LogP contribution < -0.4 is 5.73 Å². The van der Waals surface area contributed by atoms with E-state index < -0.39 is 10.2 Å². The fourth-order valence-electron chi connectivity index (χ4n) is 2.70. The average Bonchev–Trinajstić information content (AvgIpc) is 2.29. The second-order valence-corrected chi connectivity index (χ2v) is 7.30. The highest BCUT2D eigenvalue weighted by molar-refractivity contribution is 7.86. The van der Waals surface area contributed by atoms with Gasteiger partial charge in [0.15, 0.2) is 0 Å². The topological polar surface area (TPSA) is 66.6 Å². The molecule has 2 aliphatic rings. The van der Waals surface area contributed by atoms with Crippen molar-refractivity contribution in [3.8, 4) is 0 Å². The summed E-state index contributed by atoms with van der Waals surface area (Å²) in [5, 5.41) is 0. The fraction of sp³-hybridized carbons (Fsp3) is 1.00. The molecule has 100 valence electrons. The van der Waals surface area contributed by atoms with E-state index in [1.54, 1.807) is 8.61 Å². The molecule has 2 rings (SSSR count). The van der Waals surface area contributed by atoms with E-state index in [0.717, 1.165) is 25.7 Å². The van der Waals surface area contributed by atoms with Crippen LogP contribution in [0.1, 0.15) is 32.6 Å². The van der Waals surface area contributed by atoms with E-state index in [9.17, 15) is 8.42 Å². The lowest BCUT2D eigenvalue weighted by molar-refractivity contribution is 0.241. The molecule has 2 fully saturated rings. The van der Waals surface area contributed by atoms with E-state index in [-0.39, 0.29) is 6.04 Å². The maximum absolute atomic E-state index is 12.4. The first-order valence-corrected chi connectivity index (χ1v) is 7.90. The molecule has 2 atom stereocenters. The first-order chi connectivity index (χ1) is 8.00. The molecule has 0 aliphatic carbocycles. The summed E-state index contributed by atoms with van der Waals surface area (Å²) in [5.74, 6) is 0.469. The molecule has 1 unspecified atom stereocenters. The van der Waals surface area contributed by atoms with Gasteiger partial charge >= 0.3 is 0 Å². The average molecular weight is 261 g/mol. The molecule has 17 heavy (non-hydrogen) atoms. The Bertz CT molecular complexity index is 330. The Morgan fingerprint density at radius 2 is 1.65 bits per heavy atom. The standard InChI is InChI=1S/C11H23N3O2S/c1-10-4-2-6-13(8-10)17(15,16)14-7-3-5-11(12)9-14/h10-11H,2-9,12H2,1H3/t10?,11-/m1/s1. The summed E-state index contributed by atoms with van der Waals surface area (Å²) in [5.41, 5.74) is 5.85. The van der Waals surface area contributed by atoms with Gasteiger partial charge in [0.25, 0.3) is 10.2 Å². The van der Waals surface area contributed by atoms with Gasteiger partial charge in [0.05, 0.1) is 0 Å². The van der Waals surface area contributed by atoms with Gasteiger partial charge in [-0.05, 0) is 31.6 Å². The number of hydrogen-bond acceptors (Lipinski definition) is 3. The number of nitrogens with zero attached hydrogens (tertiary/aromatic N) is 2. The first-order valence-electron chi connectivity index (χ1n) is 6.51. The van der Waals surface area contributed by atoms with Gasteiger partial charge in [0.2, 0.25) is 0 Å². The van der Waals surface area contributed by atoms with E-state index in [1.807, 2.05) is 0 Å². The molecular weight excluding hydrogens is 238 g/mol. The summed E-state index contributed by atoms with van der Waals surface area (Å²) in [7, 11) is -3.26. The first kappa shape index (κ1) is 13.3. The van der Waals surface area contributed by atoms with Crippen molar-refractivity contribution in [2.24, 2.45) is 11.7 Å². The summed E-state index contributed by atoms with van der Waals surface area (Å²) >= 11 is 0. The van der Waals surface area contributed by atoms with Gasteiger partial charge in [-0.1, -0.05) is 6.92 Å². The van der Waals surface area contributed by atoms with Gasteiger partial charge in [0.1, 0.15) is 0 Å². The van der Waals surface area contributed by atoms with Crippen LogP contribution in [-0.2, 0) is 10.2 Å². The van der Waals surface area contributed by atoms with Gasteiger partial charge in [-0.15, -0.1) is 0 Å². The summed E-state index contributed by atoms with van der Waals surface area (Å²) in [4.78, 5) is 0. The van der Waals surface area contributed by atoms with Crippen molar-refractivity contribution >= 4 is 10.2 Å². The quantitative estimate of drug-likeness (QED) is 0.782. The van der Waals surface area contributed by atoms with E-state index in [4.69, 9.17) is 5.73 Å². The molecule has 0 spiro atoms. The third-order valence-electron chi connectivity index (χ3n) is 3.69. The van der Waals surface area contributed by atoms with E-state index in [0.29, 0.717) is 32.1 Å². The third kappa shape index (κ3) is 2.99. The van der Waals surface area contributed by atoms with Crippen LogP contribution in [0.3, 0.4) is 0 Å². The Hall–Kier alpha value is -0.170. The zero-order valence-electron chi connectivity index (χ0n) is 10.5. The molecule has 0 saturated carbocycles. The van der Waals surface area contributed by atoms with Crippen LogP contribution in [0.15, 0.2) is 0 Å². The molecule has 6 heteroatoms. The largest absolute Gasteiger partial charge is 0.327 e. The molecule has 2 heterocycles. The van der Waals surface area contributed by atoms with Crippen molar-refractivity contribution in [2.45, 2.75) is 38.6 Å². The maximum atomic E-state index is 12.4. The van der Waals surface area contributed by atoms with Crippen molar-refractivity contribution in [2.75, 3.05) is 26.2 Å². The Morgan fingerprint density at radius 3 is 2.24 bits per heavy atom. The van der Waals surface area contributed by atoms with Crippen LogP contribution >= 0.6 is 0 Å². The van der Waals surface area contributed by atoms with Crippen LogP contribution in [0.5, 0.6) is 0 Å². The molecule has 0 aromatic heterocycles. The van der Waals surface area contributed by atoms with Crippen LogP contribution in [0, 0.1) is 5.92 Å². The lowest BCUT2D eigenvalue weighted by atomic mass is 10.0. The highest BCUT2D eigenvalue weighted by Gasteiger charge is 2.34. The van der Waals surface area contributed by atoms with Crippen LogP contribution in [0.25, 0.3) is 0 Å². The SMILES string of the molecule is CC1CCCN(S(=O)(=O)N2CCC[C@@H](N)C2)C1. The van der Waals surface area contributed by atoms with E-state index in [2.05, 4.69) is 6.92 Å². The molecule has 0 bridgehead atoms. The number of rotatable bonds is 2. The lowest BCUT2D eigenvalue weighted by Gasteiger charge is -2.37. The minimum atomic E-state index is -3.26. The second-order valence-electron chi connectivity index (χ2n) is 5.37. The number of nitrogens with two attached hydrogens (primary N) is 1. The zero-order valence-corrected chi connectivity index (χ0v) is 11.3. The van der Waals surface area contributed by atoms with E-state index in [1.165, 1.54) is 0 Å². The minimum Gasteiger partial charge on any atom is -0.327 e. The number of piperidine rings is 2. The van der Waals surface area contributed by atoms with Gasteiger partial charge in [-0.2, -0.15) is 17.0 Å². The minimum absolute atomic E-state index is 0.000684. The molecular formula is C11H23N3O2S. The van der Waals surface area contributed by atoms with Gasteiger partial charge in [-0.25, -0.2) is 0 Å². The van der Waals surface area contributed by atoms with Gasteiger partial charge in [-0.3, -0.25) is 0 Å². The van der Waals surface area contributed by atoms with Crippen LogP contribution in [0.2, 0.25) is 0 Å². The summed E-state index contributed by atoms with van der Waals surface area (Å²) in [6, 6.07) is 0.000684. The second kappa shape index (κ2) is 5.22. The monoisotopic (exact) mass is 261 g/mol. The van der Waals surface area contributed by atoms with Crippen molar-refractivity contribution < 1.29 is 8.42 Å². The van der Waals surface area contributed by atoms with Gasteiger partial charge < -0.3 is 5.73 Å². The van der Waals surface area contributed by atoms with Crippen molar-refractivity contribution in [1.82, 2.24) is 8.61 Å². The lowest BCUT2D eigenvalue weighted by Crippen LogP contribution is -2.53. The Balaban J connectivity index is 2.06. The molecule has 0 radical (unpaired) electrons. The van der Waals surface area contributed by atoms with E-state index >= 15 is 0 Å². The predicted octanol–water partition coefficient (Wildman–Crippen LogP) is 0.386. The molecule has 5 nitrogen and oxygen atoms in total. The molecule has 2 aliphatic heterocycles. The third-order valence-corrected chi connectivity index (χ3v) is 5.66. The van der Waals surface area contributed by atoms with Crippen LogP contribution in [-0.4, -0.2) is 49.2 Å². The maximum Gasteiger partial charge on any atom is 0.282 e. The molecule has 2 saturated heterocycles. The summed E-state index contributed by atoms with van der Waals surface area (Å²) < 4.78 is 28.1. The summed E-state index contributed by atoms with van der Waals surface area (Å²) in [6.07, 6.45) is 3.91.